The van der Waals surface area contributed by atoms with Crippen LogP contribution in [0.3, 0.4) is 0 Å². The first-order valence-electron chi connectivity index (χ1n) is 6.89. The van der Waals surface area contributed by atoms with E-state index in [-0.39, 0.29) is 0 Å². The first kappa shape index (κ1) is 17.8. The van der Waals surface area contributed by atoms with Gasteiger partial charge < -0.3 is 0 Å². The van der Waals surface area contributed by atoms with Crippen molar-refractivity contribution in [2.75, 3.05) is 0 Å². The quantitative estimate of drug-likeness (QED) is 0.592. The fraction of sp³-hybridized carbons (Fsp3) is 0.211. The maximum Gasteiger partial charge on any atom is 0.0622 e. The first-order valence-corrected chi connectivity index (χ1v) is 6.89. The minimum absolute atomic E-state index is 0.924. The average Bonchev–Trinajstić information content (AvgIpc) is 2.53. The second-order valence-corrected chi connectivity index (χ2v) is 4.04. The summed E-state index contributed by atoms with van der Waals surface area (Å²) in [5, 5.41) is 0. The third-order valence-electron chi connectivity index (χ3n) is 2.71. The Morgan fingerprint density at radius 2 is 1.50 bits per heavy atom. The highest BCUT2D eigenvalue weighted by atomic mass is 14.7. The van der Waals surface area contributed by atoms with E-state index in [2.05, 4.69) is 50.3 Å². The molecule has 0 fully saturated rings. The van der Waals surface area contributed by atoms with E-state index in [4.69, 9.17) is 0 Å². The summed E-state index contributed by atoms with van der Waals surface area (Å²) in [6.45, 7) is 15.3. The van der Waals surface area contributed by atoms with Crippen molar-refractivity contribution in [3.8, 4) is 0 Å². The van der Waals surface area contributed by atoms with E-state index < -0.39 is 0 Å². The predicted octanol–water partition coefficient (Wildman–Crippen LogP) is 5.99. The molecular formula is C19H25N. The van der Waals surface area contributed by atoms with Gasteiger partial charge in [-0.2, -0.15) is 0 Å². The lowest BCUT2D eigenvalue weighted by molar-refractivity contribution is 1.33. The van der Waals surface area contributed by atoms with Gasteiger partial charge in [-0.25, -0.2) is 0 Å². The highest BCUT2D eigenvalue weighted by molar-refractivity contribution is 5.49. The highest BCUT2D eigenvalue weighted by Crippen LogP contribution is 2.09. The third kappa shape index (κ3) is 6.69. The molecule has 0 saturated carbocycles. The van der Waals surface area contributed by atoms with Crippen LogP contribution in [0.1, 0.15) is 30.5 Å². The Balaban J connectivity index is 0.000000327. The second kappa shape index (κ2) is 10.7. The Morgan fingerprint density at radius 1 is 0.900 bits per heavy atom. The van der Waals surface area contributed by atoms with Crippen molar-refractivity contribution in [2.24, 2.45) is 4.99 Å². The number of aliphatic imine (C=N–C) groups is 1. The van der Waals surface area contributed by atoms with Gasteiger partial charge in [-0.05, 0) is 49.4 Å². The smallest absolute Gasteiger partial charge is 0.0622 e. The molecule has 0 aromatic heterocycles. The minimum Gasteiger partial charge on any atom is -0.265 e. The molecule has 0 atom stereocenters. The van der Waals surface area contributed by atoms with Crippen LogP contribution in [-0.4, -0.2) is 6.72 Å². The Hall–Kier alpha value is -2.15. The first-order chi connectivity index (χ1) is 9.67. The van der Waals surface area contributed by atoms with Gasteiger partial charge in [-0.15, -0.1) is 0 Å². The summed E-state index contributed by atoms with van der Waals surface area (Å²) in [5.41, 5.74) is 4.79. The van der Waals surface area contributed by atoms with Crippen LogP contribution in [0.5, 0.6) is 0 Å². The monoisotopic (exact) mass is 267 g/mol. The topological polar surface area (TPSA) is 12.4 Å². The molecule has 0 spiro atoms. The SMILES string of the molecule is C=Cc1ccc(C)c(C)c1.C=Nc1ccccc1.CC. The van der Waals surface area contributed by atoms with Crippen molar-refractivity contribution < 1.29 is 0 Å². The highest BCUT2D eigenvalue weighted by Gasteiger charge is 1.90. The number of aryl methyl sites for hydroxylation is 2. The van der Waals surface area contributed by atoms with Crippen LogP contribution in [0.4, 0.5) is 5.69 Å². The van der Waals surface area contributed by atoms with Gasteiger partial charge in [-0.3, -0.25) is 4.99 Å². The van der Waals surface area contributed by atoms with Gasteiger partial charge in [0.2, 0.25) is 0 Å². The predicted molar refractivity (Wildman–Crippen MR) is 93.0 cm³/mol. The molecule has 0 bridgehead atoms. The molecule has 0 amide bonds. The molecular weight excluding hydrogens is 242 g/mol. The van der Waals surface area contributed by atoms with Gasteiger partial charge in [0.25, 0.3) is 0 Å². The van der Waals surface area contributed by atoms with Gasteiger partial charge >= 0.3 is 0 Å². The summed E-state index contributed by atoms with van der Waals surface area (Å²) in [5.74, 6) is 0. The maximum absolute atomic E-state index is 3.72. The number of hydrogen-bond acceptors (Lipinski definition) is 1. The van der Waals surface area contributed by atoms with E-state index in [1.165, 1.54) is 16.7 Å². The molecule has 20 heavy (non-hydrogen) atoms. The van der Waals surface area contributed by atoms with Gasteiger partial charge in [0.05, 0.1) is 5.69 Å². The van der Waals surface area contributed by atoms with Crippen molar-refractivity contribution in [1.82, 2.24) is 0 Å². The second-order valence-electron chi connectivity index (χ2n) is 4.04. The zero-order chi connectivity index (χ0) is 15.4. The van der Waals surface area contributed by atoms with Gasteiger partial charge in [0.1, 0.15) is 0 Å². The van der Waals surface area contributed by atoms with Crippen LogP contribution in [-0.2, 0) is 0 Å². The normalized spacial score (nSPS) is 8.40. The van der Waals surface area contributed by atoms with Crippen molar-refractivity contribution in [3.05, 3.63) is 71.8 Å². The van der Waals surface area contributed by atoms with E-state index in [1.807, 2.05) is 50.3 Å². The van der Waals surface area contributed by atoms with Gasteiger partial charge in [0.15, 0.2) is 0 Å². The molecule has 0 saturated heterocycles. The fourth-order valence-electron chi connectivity index (χ4n) is 1.42. The Morgan fingerprint density at radius 3 is 1.90 bits per heavy atom. The molecule has 2 aromatic carbocycles. The van der Waals surface area contributed by atoms with E-state index >= 15 is 0 Å². The lowest BCUT2D eigenvalue weighted by Gasteiger charge is -1.99. The Labute approximate surface area is 123 Å². The fourth-order valence-corrected chi connectivity index (χ4v) is 1.42. The van der Waals surface area contributed by atoms with Crippen LogP contribution in [0.15, 0.2) is 60.1 Å². The molecule has 0 heterocycles. The number of rotatable bonds is 2. The molecule has 106 valence electrons. The molecule has 0 radical (unpaired) electrons. The van der Waals surface area contributed by atoms with E-state index in [1.54, 1.807) is 0 Å². The van der Waals surface area contributed by atoms with Crippen LogP contribution >= 0.6 is 0 Å². The van der Waals surface area contributed by atoms with Crippen LogP contribution in [0.2, 0.25) is 0 Å². The zero-order valence-electron chi connectivity index (χ0n) is 13.1. The molecule has 0 aliphatic carbocycles. The van der Waals surface area contributed by atoms with E-state index in [9.17, 15) is 0 Å². The lowest BCUT2D eigenvalue weighted by Crippen LogP contribution is -1.80. The Bertz CT molecular complexity index is 513. The van der Waals surface area contributed by atoms with E-state index in [0.29, 0.717) is 0 Å². The molecule has 0 N–H and O–H groups in total. The number of nitrogens with zero attached hydrogens (tertiary/aromatic N) is 1. The third-order valence-corrected chi connectivity index (χ3v) is 2.71. The number of hydrogen-bond donors (Lipinski definition) is 0. The van der Waals surface area contributed by atoms with Gasteiger partial charge in [-0.1, -0.05) is 62.9 Å². The number of benzene rings is 2. The Kier molecular flexibility index (Phi) is 9.59. The molecule has 1 nitrogen and oxygen atoms in total. The summed E-state index contributed by atoms with van der Waals surface area (Å²) < 4.78 is 0. The van der Waals surface area contributed by atoms with Crippen LogP contribution < -0.4 is 0 Å². The van der Waals surface area contributed by atoms with E-state index in [0.717, 1.165) is 5.69 Å². The molecule has 0 aliphatic rings. The molecule has 0 unspecified atom stereocenters. The summed E-state index contributed by atoms with van der Waals surface area (Å²) in [6, 6.07) is 16.0. The zero-order valence-corrected chi connectivity index (χ0v) is 13.1. The van der Waals surface area contributed by atoms with Gasteiger partial charge in [0, 0.05) is 0 Å². The minimum atomic E-state index is 0.924. The molecule has 0 aliphatic heterocycles. The summed E-state index contributed by atoms with van der Waals surface area (Å²) in [7, 11) is 0. The largest absolute Gasteiger partial charge is 0.265 e. The standard InChI is InChI=1S/C10H12.C7H7N.C2H6/c1-4-10-6-5-8(2)9(3)7-10;1-8-7-5-3-2-4-6-7;1-2/h4-7H,1H2,2-3H3;2-6H,1H2;1-2H3. The van der Waals surface area contributed by atoms with Crippen molar-refractivity contribution >= 4 is 18.5 Å². The van der Waals surface area contributed by atoms with Crippen molar-refractivity contribution in [3.63, 3.8) is 0 Å². The summed E-state index contributed by atoms with van der Waals surface area (Å²) in [6.07, 6.45) is 1.87. The summed E-state index contributed by atoms with van der Waals surface area (Å²) in [4.78, 5) is 3.72. The van der Waals surface area contributed by atoms with Crippen LogP contribution in [0.25, 0.3) is 6.08 Å². The average molecular weight is 267 g/mol. The lowest BCUT2D eigenvalue weighted by atomic mass is 10.1. The molecule has 1 heteroatoms. The molecule has 2 aromatic rings. The van der Waals surface area contributed by atoms with Crippen molar-refractivity contribution in [2.45, 2.75) is 27.7 Å². The van der Waals surface area contributed by atoms with Crippen LogP contribution in [0, 0.1) is 13.8 Å². The summed E-state index contributed by atoms with van der Waals surface area (Å²) >= 11 is 0. The molecule has 2 rings (SSSR count). The number of para-hydroxylation sites is 1. The maximum atomic E-state index is 3.72. The van der Waals surface area contributed by atoms with Crippen molar-refractivity contribution in [1.29, 1.82) is 0 Å².